The Bertz CT molecular complexity index is 1400. The zero-order valence-electron chi connectivity index (χ0n) is 34.6. The molecule has 0 bridgehead atoms. The Hall–Kier alpha value is -0.820. The number of rotatable bonds is 10. The van der Waals surface area contributed by atoms with Crippen LogP contribution in [-0.2, 0) is 18.9 Å². The van der Waals surface area contributed by atoms with Crippen LogP contribution in [0.2, 0.25) is 0 Å². The Morgan fingerprint density at radius 1 is 0.768 bits per heavy atom. The molecule has 2 saturated heterocycles. The Labute approximate surface area is 331 Å². The van der Waals surface area contributed by atoms with Gasteiger partial charge >= 0.3 is 0 Å². The van der Waals surface area contributed by atoms with E-state index in [4.69, 9.17) is 18.9 Å². The van der Waals surface area contributed by atoms with Crippen LogP contribution in [-0.4, -0.2) is 150 Å². The van der Waals surface area contributed by atoms with Gasteiger partial charge in [0.05, 0.1) is 37.1 Å². The maximum atomic E-state index is 12.3. The second-order valence-electron chi connectivity index (χ2n) is 20.3. The molecule has 14 nitrogen and oxygen atoms in total. The van der Waals surface area contributed by atoms with Gasteiger partial charge in [0.15, 0.2) is 12.6 Å². The first-order valence-electron chi connectivity index (χ1n) is 21.0. The summed E-state index contributed by atoms with van der Waals surface area (Å²) < 4.78 is 24.9. The average Bonchev–Trinajstić information content (AvgIpc) is 3.51. The van der Waals surface area contributed by atoms with Crippen LogP contribution in [0.4, 0.5) is 0 Å². The van der Waals surface area contributed by atoms with Gasteiger partial charge in [0.25, 0.3) is 0 Å². The number of aliphatic hydroxyl groups is 10. The van der Waals surface area contributed by atoms with Crippen LogP contribution >= 0.6 is 0 Å². The summed E-state index contributed by atoms with van der Waals surface area (Å²) in [5, 5.41) is 110. The van der Waals surface area contributed by atoms with E-state index in [2.05, 4.69) is 26.8 Å². The van der Waals surface area contributed by atoms with Gasteiger partial charge < -0.3 is 70.0 Å². The fraction of sp³-hybridized carbons (Fsp3) is 0.952. The van der Waals surface area contributed by atoms with E-state index in [1.165, 1.54) is 5.57 Å². The van der Waals surface area contributed by atoms with Gasteiger partial charge in [0, 0.05) is 0 Å². The molecule has 10 N–H and O–H groups in total. The van der Waals surface area contributed by atoms with Crippen LogP contribution < -0.4 is 0 Å². The molecule has 0 radical (unpaired) electrons. The standard InChI is InChI=1S/C42H72O14/c1-20(2)10-9-13-42(8,52)21-11-15-40(6)28(21)22(45)16-26-39(5)14-12-27(46)38(3,4)35(39)23(17-41(26,40)7)53-37-34(32(50)30(48)25(19-44)55-37)56-36-33(51)31(49)29(47)24(18-43)54-36/h10,21-37,43-52H,9,11-19H2,1-8H3/t21-,22+,23-,24+,25+,26?,27-,28-,29+,30+,31-,32-,33+,34+,35-,36-,37+,39+,40+,41+,42-/m0/s1. The average molecular weight is 801 g/mol. The minimum atomic E-state index is -1.81. The van der Waals surface area contributed by atoms with Gasteiger partial charge in [-0.25, -0.2) is 0 Å². The molecule has 324 valence electrons. The van der Waals surface area contributed by atoms with Crippen molar-refractivity contribution < 1.29 is 70.0 Å². The quantitative estimate of drug-likeness (QED) is 0.110. The molecule has 0 amide bonds. The summed E-state index contributed by atoms with van der Waals surface area (Å²) in [6, 6.07) is 0. The van der Waals surface area contributed by atoms with Crippen molar-refractivity contribution in [2.24, 2.45) is 45.3 Å². The summed E-state index contributed by atoms with van der Waals surface area (Å²) in [4.78, 5) is 0. The van der Waals surface area contributed by atoms with Gasteiger partial charge in [-0.15, -0.1) is 0 Å². The minimum absolute atomic E-state index is 0.0169. The van der Waals surface area contributed by atoms with Crippen molar-refractivity contribution in [3.05, 3.63) is 11.6 Å². The van der Waals surface area contributed by atoms with Gasteiger partial charge in [0.2, 0.25) is 0 Å². The lowest BCUT2D eigenvalue weighted by Gasteiger charge is -2.72. The number of fused-ring (bicyclic) bond motifs is 5. The summed E-state index contributed by atoms with van der Waals surface area (Å²) in [7, 11) is 0. The van der Waals surface area contributed by atoms with E-state index < -0.39 is 120 Å². The highest BCUT2D eigenvalue weighted by Gasteiger charge is 2.73. The first-order chi connectivity index (χ1) is 26.0. The van der Waals surface area contributed by atoms with Crippen LogP contribution in [0.3, 0.4) is 0 Å². The van der Waals surface area contributed by atoms with Gasteiger partial charge in [-0.2, -0.15) is 0 Å². The molecule has 0 aromatic rings. The number of aliphatic hydroxyl groups excluding tert-OH is 9. The molecule has 1 unspecified atom stereocenters. The lowest BCUT2D eigenvalue weighted by molar-refractivity contribution is -0.383. The maximum Gasteiger partial charge on any atom is 0.187 e. The Morgan fingerprint density at radius 2 is 1.38 bits per heavy atom. The van der Waals surface area contributed by atoms with Crippen molar-refractivity contribution in [3.63, 3.8) is 0 Å². The lowest BCUT2D eigenvalue weighted by atomic mass is 9.34. The molecule has 6 rings (SSSR count). The number of hydrogen-bond acceptors (Lipinski definition) is 14. The monoisotopic (exact) mass is 800 g/mol. The Kier molecular flexibility index (Phi) is 12.7. The molecular formula is C42H72O14. The van der Waals surface area contributed by atoms with Crippen molar-refractivity contribution in [1.29, 1.82) is 0 Å². The molecular weight excluding hydrogens is 728 g/mol. The lowest BCUT2D eigenvalue weighted by Crippen LogP contribution is -2.71. The summed E-state index contributed by atoms with van der Waals surface area (Å²) in [6.45, 7) is 15.5. The molecule has 4 aliphatic carbocycles. The van der Waals surface area contributed by atoms with E-state index in [0.29, 0.717) is 32.1 Å². The topological polar surface area (TPSA) is 239 Å². The fourth-order valence-electron chi connectivity index (χ4n) is 13.4. The molecule has 6 aliphatic rings. The van der Waals surface area contributed by atoms with E-state index in [-0.39, 0.29) is 23.7 Å². The highest BCUT2D eigenvalue weighted by Crippen LogP contribution is 2.76. The van der Waals surface area contributed by atoms with Crippen molar-refractivity contribution >= 4 is 0 Å². The highest BCUT2D eigenvalue weighted by atomic mass is 16.8. The van der Waals surface area contributed by atoms with Crippen LogP contribution in [0.5, 0.6) is 0 Å². The van der Waals surface area contributed by atoms with Crippen LogP contribution in [0.1, 0.15) is 107 Å². The van der Waals surface area contributed by atoms with E-state index in [0.717, 1.165) is 19.3 Å². The SMILES string of the molecule is CC(C)=CCC[C@](C)(O)[C@H]1CC[C@]2(C)[C@@H]1[C@H](O)CC1[C@@]3(C)CC[C@H](O)C(C)(C)[C@@H]3[C@@H](O[C@@H]3O[C@H](CO)[C@@H](O)[C@H](O)[C@H]3O[C@@H]3O[C@H](CO)[C@@H](O)[C@H](O)[C@H]3O)C[C@]12C. The Balaban J connectivity index is 1.38. The molecule has 14 heteroatoms. The fourth-order valence-corrected chi connectivity index (χ4v) is 13.4. The van der Waals surface area contributed by atoms with Crippen molar-refractivity contribution in [2.75, 3.05) is 13.2 Å². The molecule has 56 heavy (non-hydrogen) atoms. The molecule has 4 saturated carbocycles. The summed E-state index contributed by atoms with van der Waals surface area (Å²) in [5.41, 5.74) is -1.85. The summed E-state index contributed by atoms with van der Waals surface area (Å²) in [5.74, 6) is -0.623. The summed E-state index contributed by atoms with van der Waals surface area (Å²) >= 11 is 0. The van der Waals surface area contributed by atoms with E-state index in [9.17, 15) is 51.1 Å². The highest BCUT2D eigenvalue weighted by molar-refractivity contribution is 5.22. The molecule has 0 aromatic carbocycles. The molecule has 6 fully saturated rings. The minimum Gasteiger partial charge on any atom is -0.394 e. The largest absolute Gasteiger partial charge is 0.394 e. The maximum absolute atomic E-state index is 12.3. The van der Waals surface area contributed by atoms with Crippen molar-refractivity contribution in [1.82, 2.24) is 0 Å². The van der Waals surface area contributed by atoms with Gasteiger partial charge in [-0.05, 0) is 117 Å². The van der Waals surface area contributed by atoms with Crippen molar-refractivity contribution in [2.45, 2.75) is 192 Å². The first-order valence-corrected chi connectivity index (χ1v) is 21.0. The number of ether oxygens (including phenoxy) is 4. The molecule has 0 spiro atoms. The summed E-state index contributed by atoms with van der Waals surface area (Å²) in [6.07, 6.45) is -10.6. The predicted octanol–water partition coefficient (Wildman–Crippen LogP) is 1.12. The second-order valence-corrected chi connectivity index (χ2v) is 20.3. The van der Waals surface area contributed by atoms with Gasteiger partial charge in [-0.3, -0.25) is 0 Å². The predicted molar refractivity (Wildman–Crippen MR) is 202 cm³/mol. The van der Waals surface area contributed by atoms with Crippen LogP contribution in [0, 0.1) is 45.3 Å². The van der Waals surface area contributed by atoms with Gasteiger partial charge in [-0.1, -0.05) is 46.3 Å². The zero-order valence-corrected chi connectivity index (χ0v) is 34.6. The molecule has 2 aliphatic heterocycles. The third-order valence-electron chi connectivity index (χ3n) is 16.5. The van der Waals surface area contributed by atoms with E-state index in [1.54, 1.807) is 0 Å². The molecule has 21 atom stereocenters. The number of hydrogen-bond donors (Lipinski definition) is 10. The van der Waals surface area contributed by atoms with Crippen LogP contribution in [0.25, 0.3) is 0 Å². The number of allylic oxidation sites excluding steroid dienone is 2. The van der Waals surface area contributed by atoms with Crippen LogP contribution in [0.15, 0.2) is 11.6 Å². The zero-order chi connectivity index (χ0) is 41.5. The van der Waals surface area contributed by atoms with E-state index in [1.807, 2.05) is 34.6 Å². The second kappa shape index (κ2) is 15.9. The van der Waals surface area contributed by atoms with Gasteiger partial charge in [0.1, 0.15) is 48.8 Å². The molecule has 2 heterocycles. The molecule has 0 aromatic heterocycles. The normalized spacial score (nSPS) is 52.6. The third-order valence-corrected chi connectivity index (χ3v) is 16.5. The first kappa shape index (κ1) is 44.7. The van der Waals surface area contributed by atoms with Crippen molar-refractivity contribution in [3.8, 4) is 0 Å². The third kappa shape index (κ3) is 7.16. The van der Waals surface area contributed by atoms with E-state index >= 15 is 0 Å². The Morgan fingerprint density at radius 3 is 1.98 bits per heavy atom. The smallest absolute Gasteiger partial charge is 0.187 e.